The van der Waals surface area contributed by atoms with Crippen LogP contribution in [-0.4, -0.2) is 38.2 Å². The maximum Gasteiger partial charge on any atom is 0.407 e. The van der Waals surface area contributed by atoms with E-state index in [-0.39, 0.29) is 11.6 Å². The van der Waals surface area contributed by atoms with Gasteiger partial charge in [0.1, 0.15) is 11.5 Å². The zero-order valence-corrected chi connectivity index (χ0v) is 18.3. The molecule has 0 unspecified atom stereocenters. The summed E-state index contributed by atoms with van der Waals surface area (Å²) in [5.74, 6) is 2.95. The lowest BCUT2D eigenvalue weighted by molar-refractivity contribution is 0.143. The number of carbonyl (C=O) groups excluding carboxylic acids is 1. The Morgan fingerprint density at radius 3 is 2.27 bits per heavy atom. The molecule has 0 heterocycles. The highest BCUT2D eigenvalue weighted by Crippen LogP contribution is 2.40. The van der Waals surface area contributed by atoms with Gasteiger partial charge in [-0.2, -0.15) is 0 Å². The van der Waals surface area contributed by atoms with Crippen LogP contribution in [0.15, 0.2) is 17.0 Å². The van der Waals surface area contributed by atoms with E-state index in [1.165, 1.54) is 12.8 Å². The van der Waals surface area contributed by atoms with Crippen LogP contribution in [0.2, 0.25) is 0 Å². The number of carbonyl (C=O) groups is 1. The molecule has 150 valence electrons. The molecule has 6 heteroatoms. The van der Waals surface area contributed by atoms with Gasteiger partial charge in [0.05, 0.1) is 25.7 Å². The molecule has 1 aromatic carbocycles. The van der Waals surface area contributed by atoms with Crippen LogP contribution in [-0.2, 0) is 4.74 Å². The Morgan fingerprint density at radius 1 is 1.15 bits per heavy atom. The standard InChI is InChI=1S/C13H20O2S.C7H15NO2/c1-5-6-9-16-13-11(14-3)8-7-10(2)12(13)15-4;1-5-10-6(9)8-7(2,3)4/h7-8H,5-6,9H2,1-4H3;5H2,1-4H3,(H,8,9). The summed E-state index contributed by atoms with van der Waals surface area (Å²) in [6, 6.07) is 4.04. The monoisotopic (exact) mass is 385 g/mol. The number of methoxy groups -OCH3 is 2. The van der Waals surface area contributed by atoms with Gasteiger partial charge in [0.15, 0.2) is 0 Å². The first-order valence-corrected chi connectivity index (χ1v) is 9.97. The first kappa shape index (κ1) is 24.4. The number of ether oxygens (including phenoxy) is 3. The van der Waals surface area contributed by atoms with Crippen LogP contribution in [0.3, 0.4) is 0 Å². The molecule has 0 saturated carbocycles. The molecule has 1 N–H and O–H groups in total. The lowest BCUT2D eigenvalue weighted by Gasteiger charge is -2.19. The summed E-state index contributed by atoms with van der Waals surface area (Å²) in [5, 5.41) is 2.66. The number of hydrogen-bond donors (Lipinski definition) is 1. The van der Waals surface area contributed by atoms with Gasteiger partial charge < -0.3 is 19.5 Å². The van der Waals surface area contributed by atoms with Crippen molar-refractivity contribution >= 4 is 17.9 Å². The quantitative estimate of drug-likeness (QED) is 0.500. The Balaban J connectivity index is 0.000000541. The molecule has 0 aromatic heterocycles. The molecule has 1 aromatic rings. The van der Waals surface area contributed by atoms with Crippen molar-refractivity contribution in [3.05, 3.63) is 17.7 Å². The minimum Gasteiger partial charge on any atom is -0.495 e. The molecule has 0 spiro atoms. The average Bonchev–Trinajstić information content (AvgIpc) is 2.54. The predicted molar refractivity (Wildman–Crippen MR) is 110 cm³/mol. The summed E-state index contributed by atoms with van der Waals surface area (Å²) in [5.41, 5.74) is 0.953. The third kappa shape index (κ3) is 9.80. The summed E-state index contributed by atoms with van der Waals surface area (Å²) in [6.45, 7) is 12.2. The van der Waals surface area contributed by atoms with E-state index in [0.29, 0.717) is 6.61 Å². The van der Waals surface area contributed by atoms with Crippen LogP contribution >= 0.6 is 11.8 Å². The normalized spacial score (nSPS) is 10.5. The number of rotatable bonds is 7. The molecule has 0 fully saturated rings. The minimum absolute atomic E-state index is 0.202. The first-order chi connectivity index (χ1) is 12.2. The highest BCUT2D eigenvalue weighted by molar-refractivity contribution is 7.99. The highest BCUT2D eigenvalue weighted by Gasteiger charge is 2.13. The van der Waals surface area contributed by atoms with Crippen LogP contribution in [0.25, 0.3) is 0 Å². The summed E-state index contributed by atoms with van der Waals surface area (Å²) in [4.78, 5) is 11.8. The van der Waals surface area contributed by atoms with Crippen molar-refractivity contribution < 1.29 is 19.0 Å². The minimum atomic E-state index is -0.352. The third-order valence-electron chi connectivity index (χ3n) is 3.19. The molecule has 0 aliphatic heterocycles. The number of thioether (sulfide) groups is 1. The fourth-order valence-corrected chi connectivity index (χ4v) is 3.29. The second-order valence-electron chi connectivity index (χ2n) is 6.74. The largest absolute Gasteiger partial charge is 0.495 e. The van der Waals surface area contributed by atoms with Gasteiger partial charge in [0, 0.05) is 5.54 Å². The Hall–Kier alpha value is -1.56. The summed E-state index contributed by atoms with van der Waals surface area (Å²) < 4.78 is 15.5. The maximum atomic E-state index is 10.7. The molecule has 0 saturated heterocycles. The summed E-state index contributed by atoms with van der Waals surface area (Å²) in [6.07, 6.45) is 2.07. The van der Waals surface area contributed by atoms with Gasteiger partial charge in [-0.25, -0.2) is 4.79 Å². The van der Waals surface area contributed by atoms with E-state index in [4.69, 9.17) is 9.47 Å². The van der Waals surface area contributed by atoms with Crippen molar-refractivity contribution in [3.63, 3.8) is 0 Å². The molecular formula is C20H35NO4S. The molecular weight excluding hydrogens is 350 g/mol. The molecule has 0 aliphatic rings. The maximum absolute atomic E-state index is 10.7. The van der Waals surface area contributed by atoms with E-state index in [0.717, 1.165) is 27.7 Å². The molecule has 0 radical (unpaired) electrons. The van der Waals surface area contributed by atoms with E-state index in [1.54, 1.807) is 21.1 Å². The van der Waals surface area contributed by atoms with Gasteiger partial charge in [0.2, 0.25) is 0 Å². The van der Waals surface area contributed by atoms with E-state index >= 15 is 0 Å². The van der Waals surface area contributed by atoms with E-state index in [2.05, 4.69) is 23.9 Å². The number of hydrogen-bond acceptors (Lipinski definition) is 5. The van der Waals surface area contributed by atoms with Crippen LogP contribution in [0.1, 0.15) is 53.0 Å². The third-order valence-corrected chi connectivity index (χ3v) is 4.36. The van der Waals surface area contributed by atoms with Gasteiger partial charge in [-0.3, -0.25) is 0 Å². The predicted octanol–water partition coefficient (Wildman–Crippen LogP) is 5.44. The smallest absolute Gasteiger partial charge is 0.407 e. The van der Waals surface area contributed by atoms with Gasteiger partial charge in [0.25, 0.3) is 0 Å². The summed E-state index contributed by atoms with van der Waals surface area (Å²) in [7, 11) is 3.42. The zero-order valence-electron chi connectivity index (χ0n) is 17.5. The number of unbranched alkanes of at least 4 members (excludes halogenated alkanes) is 1. The number of amides is 1. The van der Waals surface area contributed by atoms with E-state index < -0.39 is 0 Å². The highest BCUT2D eigenvalue weighted by atomic mass is 32.2. The van der Waals surface area contributed by atoms with Crippen molar-refractivity contribution in [2.45, 2.75) is 64.8 Å². The van der Waals surface area contributed by atoms with Crippen molar-refractivity contribution in [2.75, 3.05) is 26.6 Å². The number of benzene rings is 1. The second-order valence-corrected chi connectivity index (χ2v) is 7.85. The molecule has 0 aliphatic carbocycles. The molecule has 26 heavy (non-hydrogen) atoms. The van der Waals surface area contributed by atoms with Crippen LogP contribution in [0.5, 0.6) is 11.5 Å². The van der Waals surface area contributed by atoms with E-state index in [9.17, 15) is 4.79 Å². The number of alkyl carbamates (subject to hydrolysis) is 1. The topological polar surface area (TPSA) is 56.8 Å². The fourth-order valence-electron chi connectivity index (χ4n) is 1.99. The lowest BCUT2D eigenvalue weighted by atomic mass is 10.1. The molecule has 1 rings (SSSR count). The summed E-state index contributed by atoms with van der Waals surface area (Å²) >= 11 is 1.81. The second kappa shape index (κ2) is 12.7. The van der Waals surface area contributed by atoms with Crippen LogP contribution < -0.4 is 14.8 Å². The fraction of sp³-hybridized carbons (Fsp3) is 0.650. The number of aryl methyl sites for hydroxylation is 1. The van der Waals surface area contributed by atoms with Crippen molar-refractivity contribution in [3.8, 4) is 11.5 Å². The van der Waals surface area contributed by atoms with Gasteiger partial charge in [-0.1, -0.05) is 19.4 Å². The SMILES string of the molecule is CCCCSc1c(OC)ccc(C)c1OC.CCOC(=O)NC(C)(C)C. The average molecular weight is 386 g/mol. The van der Waals surface area contributed by atoms with Crippen LogP contribution in [0.4, 0.5) is 4.79 Å². The Labute approximate surface area is 163 Å². The van der Waals surface area contributed by atoms with Gasteiger partial charge in [-0.05, 0) is 58.4 Å². The number of nitrogens with one attached hydrogen (secondary N) is 1. The van der Waals surface area contributed by atoms with Crippen molar-refractivity contribution in [1.82, 2.24) is 5.32 Å². The molecule has 1 amide bonds. The Kier molecular flexibility index (Phi) is 12.0. The molecule has 0 bridgehead atoms. The first-order valence-electron chi connectivity index (χ1n) is 8.99. The van der Waals surface area contributed by atoms with E-state index in [1.807, 2.05) is 44.7 Å². The van der Waals surface area contributed by atoms with Gasteiger partial charge >= 0.3 is 6.09 Å². The van der Waals surface area contributed by atoms with Gasteiger partial charge in [-0.15, -0.1) is 11.8 Å². The van der Waals surface area contributed by atoms with Crippen LogP contribution in [0, 0.1) is 6.92 Å². The Bertz CT molecular complexity index is 541. The molecule has 0 atom stereocenters. The van der Waals surface area contributed by atoms with Crippen molar-refractivity contribution in [1.29, 1.82) is 0 Å². The lowest BCUT2D eigenvalue weighted by Crippen LogP contribution is -2.40. The Morgan fingerprint density at radius 2 is 1.81 bits per heavy atom. The van der Waals surface area contributed by atoms with Crippen molar-refractivity contribution in [2.24, 2.45) is 0 Å². The molecule has 5 nitrogen and oxygen atoms in total. The zero-order chi connectivity index (χ0) is 20.2.